The maximum absolute atomic E-state index is 12.0. The van der Waals surface area contributed by atoms with E-state index in [0.717, 1.165) is 36.4 Å². The number of pyridine rings is 1. The van der Waals surface area contributed by atoms with Gasteiger partial charge in [-0.25, -0.2) is 4.79 Å². The molecular weight excluding hydrogens is 316 g/mol. The number of carbonyl (C=O) groups is 1. The van der Waals surface area contributed by atoms with Crippen molar-refractivity contribution in [2.75, 3.05) is 11.9 Å². The van der Waals surface area contributed by atoms with E-state index >= 15 is 0 Å². The molecule has 2 amide bonds. The molecule has 1 aromatic heterocycles. The number of hydrogen-bond donors (Lipinski definition) is 3. The normalized spacial score (nSPS) is 19.6. The van der Waals surface area contributed by atoms with Crippen LogP contribution in [0.25, 0.3) is 0 Å². The fourth-order valence-electron chi connectivity index (χ4n) is 2.87. The molecule has 1 fully saturated rings. The van der Waals surface area contributed by atoms with Gasteiger partial charge in [0.25, 0.3) is 0 Å². The van der Waals surface area contributed by atoms with Crippen LogP contribution in [0.15, 0.2) is 48.8 Å². The molecule has 2 aromatic rings. The fraction of sp³-hybridized carbons (Fsp3) is 0.368. The fourth-order valence-corrected chi connectivity index (χ4v) is 2.87. The van der Waals surface area contributed by atoms with Crippen molar-refractivity contribution in [3.63, 3.8) is 0 Å². The predicted octanol–water partition coefficient (Wildman–Crippen LogP) is 2.67. The first-order chi connectivity index (χ1) is 12.2. The van der Waals surface area contributed by atoms with Crippen molar-refractivity contribution in [1.29, 1.82) is 0 Å². The number of nitrogens with zero attached hydrogens (tertiary/aromatic N) is 1. The molecule has 0 radical (unpaired) electrons. The van der Waals surface area contributed by atoms with Crippen LogP contribution in [0.3, 0.4) is 0 Å². The van der Waals surface area contributed by atoms with Crippen molar-refractivity contribution in [1.82, 2.24) is 15.6 Å². The summed E-state index contributed by atoms with van der Waals surface area (Å²) in [5.74, 6) is 0. The largest absolute Gasteiger partial charge is 0.377 e. The second kappa shape index (κ2) is 8.60. The summed E-state index contributed by atoms with van der Waals surface area (Å²) in [6.45, 7) is 4.13. The number of nitrogens with one attached hydrogen (secondary N) is 3. The van der Waals surface area contributed by atoms with E-state index in [2.05, 4.69) is 27.9 Å². The second-order valence-corrected chi connectivity index (χ2v) is 6.22. The zero-order valence-electron chi connectivity index (χ0n) is 14.4. The number of ether oxygens (including phenoxy) is 1. The van der Waals surface area contributed by atoms with Crippen molar-refractivity contribution in [3.8, 4) is 0 Å². The van der Waals surface area contributed by atoms with Gasteiger partial charge in [-0.2, -0.15) is 0 Å². The van der Waals surface area contributed by atoms with Crippen LogP contribution >= 0.6 is 0 Å². The van der Waals surface area contributed by atoms with Gasteiger partial charge in [-0.15, -0.1) is 0 Å². The quantitative estimate of drug-likeness (QED) is 0.756. The molecule has 3 N–H and O–H groups in total. The molecule has 1 aliphatic heterocycles. The van der Waals surface area contributed by atoms with E-state index in [4.69, 9.17) is 4.74 Å². The number of rotatable bonds is 6. The molecular formula is C19H24N4O2. The highest BCUT2D eigenvalue weighted by Crippen LogP contribution is 2.15. The first-order valence-electron chi connectivity index (χ1n) is 8.58. The summed E-state index contributed by atoms with van der Waals surface area (Å²) in [6.07, 6.45) is 4.71. The van der Waals surface area contributed by atoms with E-state index in [0.29, 0.717) is 12.6 Å². The molecule has 2 atom stereocenters. The summed E-state index contributed by atoms with van der Waals surface area (Å²) in [6, 6.07) is 11.8. The van der Waals surface area contributed by atoms with Gasteiger partial charge in [0.1, 0.15) is 0 Å². The molecule has 1 saturated heterocycles. The van der Waals surface area contributed by atoms with E-state index in [1.807, 2.05) is 36.4 Å². The van der Waals surface area contributed by atoms with Gasteiger partial charge in [-0.1, -0.05) is 12.1 Å². The number of anilines is 1. The Morgan fingerprint density at radius 2 is 2.04 bits per heavy atom. The Hall–Kier alpha value is -2.44. The lowest BCUT2D eigenvalue weighted by Crippen LogP contribution is -2.34. The molecule has 0 bridgehead atoms. The SMILES string of the molecule is C[C@H]1OCC[C@H]1NCc1cccc(NC(=O)NCc2ccncc2)c1. The van der Waals surface area contributed by atoms with Crippen molar-refractivity contribution < 1.29 is 9.53 Å². The monoisotopic (exact) mass is 340 g/mol. The third kappa shape index (κ3) is 5.27. The molecule has 0 saturated carbocycles. The molecule has 25 heavy (non-hydrogen) atoms. The highest BCUT2D eigenvalue weighted by atomic mass is 16.5. The predicted molar refractivity (Wildman–Crippen MR) is 97.2 cm³/mol. The highest BCUT2D eigenvalue weighted by Gasteiger charge is 2.23. The summed E-state index contributed by atoms with van der Waals surface area (Å²) >= 11 is 0. The molecule has 1 aliphatic rings. The molecule has 6 heteroatoms. The number of amides is 2. The Kier molecular flexibility index (Phi) is 5.98. The number of carbonyl (C=O) groups excluding carboxylic acids is 1. The molecule has 6 nitrogen and oxygen atoms in total. The van der Waals surface area contributed by atoms with Gasteiger partial charge in [0.05, 0.1) is 6.10 Å². The number of aromatic nitrogens is 1. The van der Waals surface area contributed by atoms with Gasteiger partial charge in [-0.05, 0) is 48.7 Å². The van der Waals surface area contributed by atoms with E-state index in [1.165, 1.54) is 0 Å². The van der Waals surface area contributed by atoms with Crippen LogP contribution in [0.4, 0.5) is 10.5 Å². The third-order valence-corrected chi connectivity index (χ3v) is 4.33. The van der Waals surface area contributed by atoms with Crippen LogP contribution in [-0.4, -0.2) is 29.8 Å². The molecule has 0 unspecified atom stereocenters. The summed E-state index contributed by atoms with van der Waals surface area (Å²) in [7, 11) is 0. The Morgan fingerprint density at radius 1 is 1.20 bits per heavy atom. The minimum absolute atomic E-state index is 0.222. The van der Waals surface area contributed by atoms with Gasteiger partial charge in [0, 0.05) is 43.8 Å². The van der Waals surface area contributed by atoms with E-state index in [9.17, 15) is 4.79 Å². The highest BCUT2D eigenvalue weighted by molar-refractivity contribution is 5.89. The van der Waals surface area contributed by atoms with E-state index in [-0.39, 0.29) is 12.1 Å². The van der Waals surface area contributed by atoms with Crippen LogP contribution in [0, 0.1) is 0 Å². The van der Waals surface area contributed by atoms with Crippen LogP contribution in [0.1, 0.15) is 24.5 Å². The average molecular weight is 340 g/mol. The van der Waals surface area contributed by atoms with Crippen molar-refractivity contribution >= 4 is 11.7 Å². The van der Waals surface area contributed by atoms with Gasteiger partial charge in [0.15, 0.2) is 0 Å². The van der Waals surface area contributed by atoms with Crippen LogP contribution in [0.2, 0.25) is 0 Å². The summed E-state index contributed by atoms with van der Waals surface area (Å²) in [5.41, 5.74) is 2.92. The minimum atomic E-state index is -0.222. The Balaban J connectivity index is 1.48. The van der Waals surface area contributed by atoms with Gasteiger partial charge >= 0.3 is 6.03 Å². The lowest BCUT2D eigenvalue weighted by molar-refractivity contribution is 0.113. The molecule has 2 heterocycles. The number of benzene rings is 1. The summed E-state index contributed by atoms with van der Waals surface area (Å²) in [5, 5.41) is 9.23. The van der Waals surface area contributed by atoms with Crippen molar-refractivity contribution in [3.05, 3.63) is 59.9 Å². The molecule has 3 rings (SSSR count). The van der Waals surface area contributed by atoms with Crippen LogP contribution in [-0.2, 0) is 17.8 Å². The maximum atomic E-state index is 12.0. The zero-order valence-corrected chi connectivity index (χ0v) is 14.4. The molecule has 0 aliphatic carbocycles. The van der Waals surface area contributed by atoms with Crippen molar-refractivity contribution in [2.24, 2.45) is 0 Å². The minimum Gasteiger partial charge on any atom is -0.377 e. The number of hydrogen-bond acceptors (Lipinski definition) is 4. The lowest BCUT2D eigenvalue weighted by Gasteiger charge is -2.16. The van der Waals surface area contributed by atoms with Gasteiger partial charge in [0.2, 0.25) is 0 Å². The Bertz CT molecular complexity index is 693. The van der Waals surface area contributed by atoms with E-state index < -0.39 is 0 Å². The molecule has 132 valence electrons. The van der Waals surface area contributed by atoms with Crippen LogP contribution < -0.4 is 16.0 Å². The van der Waals surface area contributed by atoms with Crippen molar-refractivity contribution in [2.45, 2.75) is 38.6 Å². The van der Waals surface area contributed by atoms with Gasteiger partial charge < -0.3 is 20.7 Å². The summed E-state index contributed by atoms with van der Waals surface area (Å²) < 4.78 is 5.56. The summed E-state index contributed by atoms with van der Waals surface area (Å²) in [4.78, 5) is 16.0. The van der Waals surface area contributed by atoms with E-state index in [1.54, 1.807) is 12.4 Å². The molecule has 0 spiro atoms. The first kappa shape index (κ1) is 17.4. The third-order valence-electron chi connectivity index (χ3n) is 4.33. The first-order valence-corrected chi connectivity index (χ1v) is 8.58. The maximum Gasteiger partial charge on any atom is 0.319 e. The van der Waals surface area contributed by atoms with Gasteiger partial charge in [-0.3, -0.25) is 4.98 Å². The number of urea groups is 1. The van der Waals surface area contributed by atoms with Crippen LogP contribution in [0.5, 0.6) is 0 Å². The standard InChI is InChI=1S/C19H24N4O2/c1-14-18(7-10-25-14)21-13-16-3-2-4-17(11-16)23-19(24)22-12-15-5-8-20-9-6-15/h2-6,8-9,11,14,18,21H,7,10,12-13H2,1H3,(H2,22,23,24)/t14-,18-/m1/s1. The average Bonchev–Trinajstić information content (AvgIpc) is 3.04. The lowest BCUT2D eigenvalue weighted by atomic mass is 10.1. The Labute approximate surface area is 148 Å². The second-order valence-electron chi connectivity index (χ2n) is 6.22. The zero-order chi connectivity index (χ0) is 17.5. The topological polar surface area (TPSA) is 75.3 Å². The molecule has 1 aromatic carbocycles. The Morgan fingerprint density at radius 3 is 2.80 bits per heavy atom. The smallest absolute Gasteiger partial charge is 0.319 e.